The molecule has 0 amide bonds. The normalized spacial score (nSPS) is 15.3. The molecule has 32 heavy (non-hydrogen) atoms. The van der Waals surface area contributed by atoms with Crippen molar-refractivity contribution in [1.82, 2.24) is 9.97 Å². The molecule has 7 nitrogen and oxygen atoms in total. The summed E-state index contributed by atoms with van der Waals surface area (Å²) in [7, 11) is 0. The number of carbonyl (C=O) groups is 1. The molecule has 8 heteroatoms. The third kappa shape index (κ3) is 4.38. The lowest BCUT2D eigenvalue weighted by molar-refractivity contribution is 0.0691. The molecule has 1 aliphatic heterocycles. The summed E-state index contributed by atoms with van der Waals surface area (Å²) in [5.74, 6) is -0.926. The van der Waals surface area contributed by atoms with E-state index < -0.39 is 5.97 Å². The fraction of sp³-hybridized carbons (Fsp3) is 0.333. The van der Waals surface area contributed by atoms with Crippen molar-refractivity contribution >= 4 is 34.2 Å². The topological polar surface area (TPSA) is 108 Å². The summed E-state index contributed by atoms with van der Waals surface area (Å²) in [5.41, 5.74) is 4.37. The highest BCUT2D eigenvalue weighted by molar-refractivity contribution is 6.29. The van der Waals surface area contributed by atoms with Crippen LogP contribution in [0.15, 0.2) is 30.3 Å². The first-order chi connectivity index (χ1) is 15.4. The van der Waals surface area contributed by atoms with Gasteiger partial charge in [-0.15, -0.1) is 0 Å². The number of benzene rings is 1. The van der Waals surface area contributed by atoms with Gasteiger partial charge < -0.3 is 15.2 Å². The molecular weight excluding hydrogens is 428 g/mol. The average molecular weight is 451 g/mol. The van der Waals surface area contributed by atoms with Crippen LogP contribution in [0.1, 0.15) is 64.6 Å². The number of rotatable bonds is 5. The number of nitriles is 1. The quantitative estimate of drug-likeness (QED) is 0.512. The monoisotopic (exact) mass is 450 g/mol. The smallest absolute Gasteiger partial charge is 0.356 e. The summed E-state index contributed by atoms with van der Waals surface area (Å²) in [6.07, 6.45) is 1.71. The Balaban J connectivity index is 1.80. The Bertz CT molecular complexity index is 1230. The maximum absolute atomic E-state index is 11.6. The fourth-order valence-corrected chi connectivity index (χ4v) is 4.41. The molecule has 4 rings (SSSR count). The molecular formula is C24H23ClN4O3. The molecule has 1 fully saturated rings. The van der Waals surface area contributed by atoms with E-state index in [9.17, 15) is 15.2 Å². The molecule has 0 spiro atoms. The Morgan fingerprint density at radius 1 is 1.28 bits per heavy atom. The van der Waals surface area contributed by atoms with Gasteiger partial charge in [-0.05, 0) is 73.6 Å². The first-order valence-electron chi connectivity index (χ1n) is 10.5. The number of nitrogens with one attached hydrogen (secondary N) is 1. The average Bonchev–Trinajstić information content (AvgIpc) is 2.79. The first-order valence-corrected chi connectivity index (χ1v) is 10.8. The lowest BCUT2D eigenvalue weighted by Gasteiger charge is -2.24. The summed E-state index contributed by atoms with van der Waals surface area (Å²) >= 11 is 5.89. The van der Waals surface area contributed by atoms with Crippen molar-refractivity contribution in [1.29, 1.82) is 5.26 Å². The van der Waals surface area contributed by atoms with Gasteiger partial charge in [0.25, 0.3) is 0 Å². The maximum atomic E-state index is 11.6. The van der Waals surface area contributed by atoms with E-state index in [4.69, 9.17) is 16.3 Å². The summed E-state index contributed by atoms with van der Waals surface area (Å²) in [6.45, 7) is 5.28. The van der Waals surface area contributed by atoms with Crippen molar-refractivity contribution in [2.24, 2.45) is 0 Å². The number of hydrogen-bond acceptors (Lipinski definition) is 6. The molecule has 1 saturated heterocycles. The molecule has 0 bridgehead atoms. The lowest BCUT2D eigenvalue weighted by atomic mass is 9.88. The molecule has 1 aliphatic rings. The fourth-order valence-electron chi connectivity index (χ4n) is 4.26. The second-order valence-corrected chi connectivity index (χ2v) is 8.43. The minimum absolute atomic E-state index is 0.121. The molecule has 0 aliphatic carbocycles. The Morgan fingerprint density at radius 3 is 2.72 bits per heavy atom. The van der Waals surface area contributed by atoms with Crippen molar-refractivity contribution in [2.75, 3.05) is 18.5 Å². The van der Waals surface area contributed by atoms with Gasteiger partial charge in [0.05, 0.1) is 11.2 Å². The second kappa shape index (κ2) is 9.11. The summed E-state index contributed by atoms with van der Waals surface area (Å²) < 4.78 is 5.49. The van der Waals surface area contributed by atoms with Crippen LogP contribution in [-0.4, -0.2) is 34.3 Å². The van der Waals surface area contributed by atoms with Gasteiger partial charge in [0.1, 0.15) is 16.9 Å². The largest absolute Gasteiger partial charge is 0.476 e. The highest BCUT2D eigenvalue weighted by Gasteiger charge is 2.23. The van der Waals surface area contributed by atoms with Crippen molar-refractivity contribution < 1.29 is 14.6 Å². The van der Waals surface area contributed by atoms with Crippen LogP contribution in [0.4, 0.5) is 5.69 Å². The van der Waals surface area contributed by atoms with E-state index in [1.54, 1.807) is 12.1 Å². The molecule has 2 aromatic heterocycles. The van der Waals surface area contributed by atoms with Crippen molar-refractivity contribution in [3.63, 3.8) is 0 Å². The van der Waals surface area contributed by atoms with Crippen LogP contribution in [0.3, 0.4) is 0 Å². The molecule has 1 atom stereocenters. The number of aromatic nitrogens is 2. The zero-order chi connectivity index (χ0) is 22.8. The van der Waals surface area contributed by atoms with E-state index in [2.05, 4.69) is 33.5 Å². The van der Waals surface area contributed by atoms with E-state index >= 15 is 0 Å². The number of anilines is 1. The van der Waals surface area contributed by atoms with Gasteiger partial charge in [0.15, 0.2) is 5.69 Å². The zero-order valence-corrected chi connectivity index (χ0v) is 18.6. The van der Waals surface area contributed by atoms with Gasteiger partial charge >= 0.3 is 5.97 Å². The SMILES string of the molecule is Cc1cc([C@H](C)Nc2ccc(Cl)nc2C(=O)O)c2cc(C3CCOCC3)c(C#N)nc2c1. The molecule has 0 saturated carbocycles. The summed E-state index contributed by atoms with van der Waals surface area (Å²) in [4.78, 5) is 20.3. The number of carboxylic acids is 1. The summed E-state index contributed by atoms with van der Waals surface area (Å²) in [6, 6.07) is 11.3. The van der Waals surface area contributed by atoms with Crippen LogP contribution in [0.2, 0.25) is 5.15 Å². The van der Waals surface area contributed by atoms with Crippen LogP contribution in [0.25, 0.3) is 10.9 Å². The number of pyridine rings is 2. The number of aromatic carboxylic acids is 1. The molecule has 2 N–H and O–H groups in total. The Kier molecular flexibility index (Phi) is 6.26. The van der Waals surface area contributed by atoms with Gasteiger partial charge in [-0.1, -0.05) is 17.7 Å². The molecule has 0 unspecified atom stereocenters. The second-order valence-electron chi connectivity index (χ2n) is 8.05. The van der Waals surface area contributed by atoms with Crippen molar-refractivity contribution in [3.8, 4) is 6.07 Å². The lowest BCUT2D eigenvalue weighted by Crippen LogP contribution is -2.16. The number of ether oxygens (including phenoxy) is 1. The molecule has 0 radical (unpaired) electrons. The number of carboxylic acid groups (broad SMARTS) is 1. The van der Waals surface area contributed by atoms with E-state index in [1.165, 1.54) is 0 Å². The first kappa shape index (κ1) is 22.0. The standard InChI is InChI=1S/C24H23ClN4O3/c1-13-9-16(14(2)27-19-3-4-22(25)29-23(19)24(30)31)18-11-17(15-5-7-32-8-6-15)21(12-26)28-20(18)10-13/h3-4,9-11,14-15,27H,5-8H2,1-2H3,(H,30,31)/t14-/m0/s1. The minimum atomic E-state index is -1.15. The highest BCUT2D eigenvalue weighted by Crippen LogP contribution is 2.35. The molecule has 3 heterocycles. The third-order valence-corrected chi connectivity index (χ3v) is 6.02. The number of nitrogens with zero attached hydrogens (tertiary/aromatic N) is 3. The highest BCUT2D eigenvalue weighted by atomic mass is 35.5. The van der Waals surface area contributed by atoms with Gasteiger partial charge in [-0.2, -0.15) is 5.26 Å². The van der Waals surface area contributed by atoms with E-state index in [1.807, 2.05) is 19.9 Å². The van der Waals surface area contributed by atoms with Crippen LogP contribution in [0, 0.1) is 18.3 Å². The van der Waals surface area contributed by atoms with Gasteiger partial charge in [0.2, 0.25) is 0 Å². The van der Waals surface area contributed by atoms with E-state index in [0.717, 1.165) is 40.4 Å². The van der Waals surface area contributed by atoms with Crippen LogP contribution < -0.4 is 5.32 Å². The molecule has 1 aromatic carbocycles. The molecule has 164 valence electrons. The van der Waals surface area contributed by atoms with E-state index in [-0.39, 0.29) is 22.8 Å². The van der Waals surface area contributed by atoms with Crippen molar-refractivity contribution in [3.05, 3.63) is 63.6 Å². The van der Waals surface area contributed by atoms with Crippen molar-refractivity contribution in [2.45, 2.75) is 38.6 Å². The third-order valence-electron chi connectivity index (χ3n) is 5.81. The van der Waals surface area contributed by atoms with Gasteiger partial charge in [0, 0.05) is 24.6 Å². The Morgan fingerprint density at radius 2 is 2.03 bits per heavy atom. The minimum Gasteiger partial charge on any atom is -0.476 e. The Labute approximate surface area is 191 Å². The molecule has 3 aromatic rings. The summed E-state index contributed by atoms with van der Waals surface area (Å²) in [5, 5.41) is 23.6. The zero-order valence-electron chi connectivity index (χ0n) is 17.9. The number of halogens is 1. The van der Waals surface area contributed by atoms with Gasteiger partial charge in [-0.25, -0.2) is 14.8 Å². The van der Waals surface area contributed by atoms with Crippen LogP contribution in [-0.2, 0) is 4.74 Å². The van der Waals surface area contributed by atoms with Crippen LogP contribution >= 0.6 is 11.6 Å². The van der Waals surface area contributed by atoms with Gasteiger partial charge in [-0.3, -0.25) is 0 Å². The number of hydrogen-bond donors (Lipinski definition) is 2. The van der Waals surface area contributed by atoms with E-state index in [0.29, 0.717) is 24.6 Å². The maximum Gasteiger partial charge on any atom is 0.356 e. The predicted octanol–water partition coefficient (Wildman–Crippen LogP) is 5.23. The van der Waals surface area contributed by atoms with Crippen LogP contribution in [0.5, 0.6) is 0 Å². The Hall–Kier alpha value is -3.21. The number of aryl methyl sites for hydroxylation is 1. The number of fused-ring (bicyclic) bond motifs is 1. The predicted molar refractivity (Wildman–Crippen MR) is 122 cm³/mol.